The fourth-order valence-electron chi connectivity index (χ4n) is 2.78. The van der Waals surface area contributed by atoms with Gasteiger partial charge in [0.15, 0.2) is 0 Å². The van der Waals surface area contributed by atoms with E-state index in [1.54, 1.807) is 28.8 Å². The van der Waals surface area contributed by atoms with Crippen molar-refractivity contribution >= 4 is 33.1 Å². The molecule has 2 heterocycles. The molecule has 0 spiro atoms. The molecule has 3 aromatic rings. The van der Waals surface area contributed by atoms with Crippen LogP contribution >= 0.6 is 11.3 Å². The summed E-state index contributed by atoms with van der Waals surface area (Å²) in [4.78, 5) is 26.6. The van der Waals surface area contributed by atoms with Crippen LogP contribution in [0.2, 0.25) is 0 Å². The zero-order valence-corrected chi connectivity index (χ0v) is 15.2. The van der Waals surface area contributed by atoms with Gasteiger partial charge < -0.3 is 4.90 Å². The summed E-state index contributed by atoms with van der Waals surface area (Å²) in [6, 6.07) is 7.96. The molecule has 7 nitrogen and oxygen atoms in total. The van der Waals surface area contributed by atoms with E-state index in [1.807, 2.05) is 27.0 Å². The van der Waals surface area contributed by atoms with E-state index in [0.717, 1.165) is 21.5 Å². The number of nitro benzene ring substituents is 1. The summed E-state index contributed by atoms with van der Waals surface area (Å²) < 4.78 is 1.77. The van der Waals surface area contributed by atoms with Crippen LogP contribution in [0.3, 0.4) is 0 Å². The number of benzene rings is 1. The number of rotatable bonds is 4. The van der Waals surface area contributed by atoms with Gasteiger partial charge >= 0.3 is 0 Å². The van der Waals surface area contributed by atoms with E-state index in [0.29, 0.717) is 4.88 Å². The first kappa shape index (κ1) is 17.1. The van der Waals surface area contributed by atoms with Gasteiger partial charge in [0.2, 0.25) is 0 Å². The van der Waals surface area contributed by atoms with Gasteiger partial charge in [-0.25, -0.2) is 0 Å². The first-order valence-electron chi connectivity index (χ1n) is 7.74. The van der Waals surface area contributed by atoms with Crippen molar-refractivity contribution in [2.24, 2.45) is 7.05 Å². The van der Waals surface area contributed by atoms with Crippen molar-refractivity contribution in [3.63, 3.8) is 0 Å². The van der Waals surface area contributed by atoms with Crippen molar-refractivity contribution in [3.8, 4) is 0 Å². The predicted molar refractivity (Wildman–Crippen MR) is 96.9 cm³/mol. The van der Waals surface area contributed by atoms with Gasteiger partial charge in [-0.3, -0.25) is 19.6 Å². The summed E-state index contributed by atoms with van der Waals surface area (Å²) in [5.74, 6) is -0.111. The van der Waals surface area contributed by atoms with Crippen LogP contribution in [0.1, 0.15) is 33.9 Å². The number of carbonyl (C=O) groups excluding carboxylic acids is 1. The molecule has 8 heteroatoms. The lowest BCUT2D eigenvalue weighted by molar-refractivity contribution is -0.384. The van der Waals surface area contributed by atoms with E-state index in [9.17, 15) is 14.9 Å². The second-order valence-corrected chi connectivity index (χ2v) is 7.01. The molecule has 0 aliphatic heterocycles. The normalized spacial score (nSPS) is 12.3. The first-order chi connectivity index (χ1) is 11.8. The Morgan fingerprint density at radius 2 is 2.12 bits per heavy atom. The Balaban J connectivity index is 1.89. The third kappa shape index (κ3) is 3.00. The highest BCUT2D eigenvalue weighted by atomic mass is 32.1. The van der Waals surface area contributed by atoms with Crippen LogP contribution in [0.15, 0.2) is 30.3 Å². The molecule has 0 saturated heterocycles. The Labute approximate surface area is 148 Å². The maximum Gasteiger partial charge on any atom is 0.269 e. The number of non-ortho nitro benzene ring substituents is 1. The monoisotopic (exact) mass is 358 g/mol. The average molecular weight is 358 g/mol. The van der Waals surface area contributed by atoms with Crippen LogP contribution in [0.5, 0.6) is 0 Å². The highest BCUT2D eigenvalue weighted by Crippen LogP contribution is 2.30. The van der Waals surface area contributed by atoms with Crippen molar-refractivity contribution < 1.29 is 9.72 Å². The molecule has 0 unspecified atom stereocenters. The molecule has 130 valence electrons. The smallest absolute Gasteiger partial charge is 0.269 e. The Bertz CT molecular complexity index is 941. The third-order valence-corrected chi connectivity index (χ3v) is 5.56. The molecule has 0 N–H and O–H groups in total. The molecular weight excluding hydrogens is 340 g/mol. The minimum atomic E-state index is -0.431. The first-order valence-corrected chi connectivity index (χ1v) is 8.56. The van der Waals surface area contributed by atoms with E-state index >= 15 is 0 Å². The zero-order chi connectivity index (χ0) is 18.3. The van der Waals surface area contributed by atoms with Gasteiger partial charge in [-0.1, -0.05) is 12.1 Å². The Morgan fingerprint density at radius 3 is 2.76 bits per heavy atom. The second kappa shape index (κ2) is 6.29. The lowest BCUT2D eigenvalue weighted by Gasteiger charge is -2.24. The molecular formula is C17H18N4O3S. The minimum Gasteiger partial charge on any atom is -0.334 e. The van der Waals surface area contributed by atoms with Crippen LogP contribution in [-0.2, 0) is 7.05 Å². The molecule has 3 rings (SSSR count). The van der Waals surface area contributed by atoms with E-state index in [4.69, 9.17) is 0 Å². The maximum absolute atomic E-state index is 12.8. The SMILES string of the molecule is Cc1nn(C)c2sc(C(=O)N(C)[C@@H](C)c3cccc([N+](=O)[O-])c3)cc12. The summed E-state index contributed by atoms with van der Waals surface area (Å²) in [5, 5.41) is 16.3. The summed E-state index contributed by atoms with van der Waals surface area (Å²) >= 11 is 1.40. The summed E-state index contributed by atoms with van der Waals surface area (Å²) in [6.45, 7) is 3.77. The number of carbonyl (C=O) groups is 1. The highest BCUT2D eigenvalue weighted by molar-refractivity contribution is 7.20. The lowest BCUT2D eigenvalue weighted by atomic mass is 10.1. The number of thiophene rings is 1. The molecule has 0 fully saturated rings. The van der Waals surface area contributed by atoms with Crippen molar-refractivity contribution in [2.45, 2.75) is 19.9 Å². The van der Waals surface area contributed by atoms with Crippen LogP contribution in [0.25, 0.3) is 10.2 Å². The van der Waals surface area contributed by atoms with E-state index in [2.05, 4.69) is 5.10 Å². The van der Waals surface area contributed by atoms with E-state index < -0.39 is 4.92 Å². The number of nitro groups is 1. The fraction of sp³-hybridized carbons (Fsp3) is 0.294. The Kier molecular flexibility index (Phi) is 4.30. The van der Waals surface area contributed by atoms with Crippen LogP contribution in [0, 0.1) is 17.0 Å². The van der Waals surface area contributed by atoms with Gasteiger partial charge in [0.25, 0.3) is 11.6 Å². The average Bonchev–Trinajstić information content (AvgIpc) is 3.15. The second-order valence-electron chi connectivity index (χ2n) is 5.98. The summed E-state index contributed by atoms with van der Waals surface area (Å²) in [5.41, 5.74) is 1.64. The van der Waals surface area contributed by atoms with Crippen LogP contribution in [-0.4, -0.2) is 32.6 Å². The number of nitrogens with zero attached hydrogens (tertiary/aromatic N) is 4. The lowest BCUT2D eigenvalue weighted by Crippen LogP contribution is -2.29. The number of aromatic nitrogens is 2. The summed E-state index contributed by atoms with van der Waals surface area (Å²) in [6.07, 6.45) is 0. The predicted octanol–water partition coefficient (Wildman–Crippen LogP) is 3.68. The highest BCUT2D eigenvalue weighted by Gasteiger charge is 2.23. The number of hydrogen-bond donors (Lipinski definition) is 0. The molecule has 0 bridgehead atoms. The Hall–Kier alpha value is -2.74. The topological polar surface area (TPSA) is 81.3 Å². The quantitative estimate of drug-likeness (QED) is 0.526. The van der Waals surface area contributed by atoms with Gasteiger partial charge in [-0.2, -0.15) is 5.10 Å². The van der Waals surface area contributed by atoms with Gasteiger partial charge in [-0.05, 0) is 25.5 Å². The molecule has 1 aromatic carbocycles. The molecule has 0 saturated carbocycles. The van der Waals surface area contributed by atoms with Crippen molar-refractivity contribution in [2.75, 3.05) is 7.05 Å². The Morgan fingerprint density at radius 1 is 1.40 bits per heavy atom. The zero-order valence-electron chi connectivity index (χ0n) is 14.4. The maximum atomic E-state index is 12.8. The minimum absolute atomic E-state index is 0.0220. The van der Waals surface area contributed by atoms with Gasteiger partial charge in [0, 0.05) is 31.6 Å². The molecule has 0 aliphatic rings. The molecule has 1 amide bonds. The van der Waals surface area contributed by atoms with Crippen molar-refractivity contribution in [1.29, 1.82) is 0 Å². The molecule has 0 aliphatic carbocycles. The molecule has 0 radical (unpaired) electrons. The fourth-order valence-corrected chi connectivity index (χ4v) is 3.89. The van der Waals surface area contributed by atoms with Crippen LogP contribution in [0.4, 0.5) is 5.69 Å². The largest absolute Gasteiger partial charge is 0.334 e. The van der Waals surface area contributed by atoms with Gasteiger partial charge in [0.1, 0.15) is 4.83 Å². The van der Waals surface area contributed by atoms with E-state index in [1.165, 1.54) is 23.5 Å². The van der Waals surface area contributed by atoms with Crippen molar-refractivity contribution in [3.05, 3.63) is 56.6 Å². The summed E-state index contributed by atoms with van der Waals surface area (Å²) in [7, 11) is 3.57. The third-order valence-electron chi connectivity index (χ3n) is 4.37. The number of aryl methyl sites for hydroxylation is 2. The number of amides is 1. The van der Waals surface area contributed by atoms with Gasteiger partial charge in [0.05, 0.1) is 21.5 Å². The molecule has 2 aromatic heterocycles. The van der Waals surface area contributed by atoms with Gasteiger partial charge in [-0.15, -0.1) is 11.3 Å². The standard InChI is InChI=1S/C17H18N4O3S/c1-10-14-9-15(25-17(14)20(4)18-10)16(22)19(3)11(2)12-6-5-7-13(8-12)21(23)24/h5-9,11H,1-4H3/t11-/m0/s1. The van der Waals surface area contributed by atoms with Crippen LogP contribution < -0.4 is 0 Å². The number of hydrogen-bond acceptors (Lipinski definition) is 5. The molecule has 25 heavy (non-hydrogen) atoms. The number of fused-ring (bicyclic) bond motifs is 1. The van der Waals surface area contributed by atoms with E-state index in [-0.39, 0.29) is 17.6 Å². The van der Waals surface area contributed by atoms with Crippen molar-refractivity contribution in [1.82, 2.24) is 14.7 Å². The molecule has 1 atom stereocenters.